The summed E-state index contributed by atoms with van der Waals surface area (Å²) in [5.41, 5.74) is 3.62. The molecule has 1 saturated carbocycles. The van der Waals surface area contributed by atoms with Crippen molar-refractivity contribution in [3.05, 3.63) is 48.4 Å². The largest absolute Gasteiger partial charge is 0.348 e. The first-order valence-electron chi connectivity index (χ1n) is 9.94. The Morgan fingerprint density at radius 3 is 2.89 bits per heavy atom. The summed E-state index contributed by atoms with van der Waals surface area (Å²) < 4.78 is 3.99. The molecule has 1 aliphatic carbocycles. The van der Waals surface area contributed by atoms with E-state index in [9.17, 15) is 4.79 Å². The second-order valence-electron chi connectivity index (χ2n) is 7.63. The van der Waals surface area contributed by atoms with Gasteiger partial charge in [0, 0.05) is 36.2 Å². The molecule has 0 aromatic carbocycles. The molecule has 28 heavy (non-hydrogen) atoms. The minimum Gasteiger partial charge on any atom is -0.348 e. The summed E-state index contributed by atoms with van der Waals surface area (Å²) in [7, 11) is 0. The fraction of sp³-hybridized carbons (Fsp3) is 0.450. The molecule has 1 amide bonds. The smallest absolute Gasteiger partial charge is 0.272 e. The minimum absolute atomic E-state index is 0.0458. The average molecular weight is 377 g/mol. The van der Waals surface area contributed by atoms with Crippen molar-refractivity contribution in [3.63, 3.8) is 0 Å². The number of hydrogen-bond donors (Lipinski definition) is 1. The molecule has 0 bridgehead atoms. The highest BCUT2D eigenvalue weighted by Gasteiger charge is 2.26. The first-order chi connectivity index (χ1) is 13.8. The third-order valence-corrected chi connectivity index (χ3v) is 5.78. The topological polar surface area (TPSA) is 90.5 Å². The van der Waals surface area contributed by atoms with E-state index >= 15 is 0 Å². The number of amides is 1. The maximum Gasteiger partial charge on any atom is 0.272 e. The van der Waals surface area contributed by atoms with Gasteiger partial charge in [-0.3, -0.25) is 14.2 Å². The van der Waals surface area contributed by atoms with Crippen molar-refractivity contribution in [3.8, 4) is 11.3 Å². The fourth-order valence-electron chi connectivity index (χ4n) is 4.25. The van der Waals surface area contributed by atoms with Crippen molar-refractivity contribution in [2.24, 2.45) is 0 Å². The number of nitrogens with one attached hydrogen (secondary N) is 1. The summed E-state index contributed by atoms with van der Waals surface area (Å²) in [6, 6.07) is 4.39. The van der Waals surface area contributed by atoms with Crippen molar-refractivity contribution in [1.82, 2.24) is 34.8 Å². The second-order valence-corrected chi connectivity index (χ2v) is 7.63. The van der Waals surface area contributed by atoms with Gasteiger partial charge in [0.1, 0.15) is 12.0 Å². The van der Waals surface area contributed by atoms with Crippen LogP contribution in [0.1, 0.15) is 54.3 Å². The van der Waals surface area contributed by atoms with Crippen LogP contribution in [0.4, 0.5) is 0 Å². The summed E-state index contributed by atoms with van der Waals surface area (Å²) in [5.74, 6) is -0.0458. The molecule has 3 aromatic heterocycles. The molecule has 0 saturated heterocycles. The van der Waals surface area contributed by atoms with E-state index in [4.69, 9.17) is 0 Å². The molecule has 8 heteroatoms. The molecule has 1 fully saturated rings. The van der Waals surface area contributed by atoms with E-state index in [1.165, 1.54) is 5.69 Å². The predicted molar refractivity (Wildman–Crippen MR) is 103 cm³/mol. The zero-order valence-corrected chi connectivity index (χ0v) is 15.7. The van der Waals surface area contributed by atoms with E-state index in [1.54, 1.807) is 12.5 Å². The lowest BCUT2D eigenvalue weighted by Gasteiger charge is -2.29. The number of carbonyl (C=O) groups excluding carboxylic acids is 1. The quantitative estimate of drug-likeness (QED) is 0.754. The molecule has 1 N–H and O–H groups in total. The van der Waals surface area contributed by atoms with Gasteiger partial charge in [0.2, 0.25) is 0 Å². The van der Waals surface area contributed by atoms with Crippen molar-refractivity contribution < 1.29 is 4.79 Å². The van der Waals surface area contributed by atoms with Gasteiger partial charge in [0.05, 0.1) is 17.9 Å². The molecule has 0 atom stereocenters. The number of hydrogen-bond acceptors (Lipinski definition) is 5. The maximum absolute atomic E-state index is 12.5. The molecule has 5 rings (SSSR count). The van der Waals surface area contributed by atoms with Gasteiger partial charge in [0.25, 0.3) is 5.91 Å². The van der Waals surface area contributed by atoms with Crippen LogP contribution in [0.25, 0.3) is 11.3 Å². The van der Waals surface area contributed by atoms with Crippen molar-refractivity contribution in [1.29, 1.82) is 0 Å². The standard InChI is InChI=1S/C20H23N7O/c28-20(19-10-17-2-1-9-26(17)25-19)24-15-3-5-16(6-4-15)27-12-14(11-23-27)18-7-8-21-13-22-18/h7-8,10-13,15-16H,1-6,9H2,(H,24,28). The average Bonchev–Trinajstić information content (AvgIpc) is 3.45. The molecule has 8 nitrogen and oxygen atoms in total. The zero-order chi connectivity index (χ0) is 18.9. The van der Waals surface area contributed by atoms with E-state index in [1.807, 2.05) is 27.7 Å². The second kappa shape index (κ2) is 7.18. The van der Waals surface area contributed by atoms with Gasteiger partial charge in [-0.2, -0.15) is 10.2 Å². The Kier molecular flexibility index (Phi) is 4.38. The van der Waals surface area contributed by atoms with Crippen LogP contribution in [0.3, 0.4) is 0 Å². The SMILES string of the molecule is O=C(NC1CCC(n2cc(-c3ccncn3)cn2)CC1)c1cc2n(n1)CCC2. The van der Waals surface area contributed by atoms with Gasteiger partial charge in [-0.1, -0.05) is 0 Å². The van der Waals surface area contributed by atoms with Gasteiger partial charge in [-0.05, 0) is 50.7 Å². The predicted octanol–water partition coefficient (Wildman–Crippen LogP) is 2.40. The molecule has 1 aliphatic heterocycles. The Hall–Kier alpha value is -3.03. The molecular formula is C20H23N7O. The number of rotatable bonds is 4. The molecule has 0 spiro atoms. The van der Waals surface area contributed by atoms with Crippen LogP contribution in [-0.2, 0) is 13.0 Å². The number of nitrogens with zero attached hydrogens (tertiary/aromatic N) is 6. The van der Waals surface area contributed by atoms with Crippen LogP contribution in [0.5, 0.6) is 0 Å². The van der Waals surface area contributed by atoms with E-state index in [-0.39, 0.29) is 11.9 Å². The van der Waals surface area contributed by atoms with E-state index in [0.717, 1.165) is 56.3 Å². The van der Waals surface area contributed by atoms with Crippen LogP contribution < -0.4 is 5.32 Å². The van der Waals surface area contributed by atoms with Crippen molar-refractivity contribution in [2.75, 3.05) is 0 Å². The fourth-order valence-corrected chi connectivity index (χ4v) is 4.25. The normalized spacial score (nSPS) is 21.4. The number of fused-ring (bicyclic) bond motifs is 1. The third-order valence-electron chi connectivity index (χ3n) is 5.78. The van der Waals surface area contributed by atoms with Crippen LogP contribution in [0.15, 0.2) is 37.1 Å². The Morgan fingerprint density at radius 2 is 2.11 bits per heavy atom. The minimum atomic E-state index is -0.0458. The van der Waals surface area contributed by atoms with Crippen LogP contribution in [0.2, 0.25) is 0 Å². The summed E-state index contributed by atoms with van der Waals surface area (Å²) in [6.07, 6.45) is 13.2. The van der Waals surface area contributed by atoms with E-state index in [2.05, 4.69) is 31.7 Å². The first kappa shape index (κ1) is 17.1. The Labute approximate surface area is 163 Å². The highest BCUT2D eigenvalue weighted by Crippen LogP contribution is 2.29. The first-order valence-corrected chi connectivity index (χ1v) is 9.94. The highest BCUT2D eigenvalue weighted by atomic mass is 16.2. The molecule has 144 valence electrons. The lowest BCUT2D eigenvalue weighted by Crippen LogP contribution is -2.38. The van der Waals surface area contributed by atoms with Gasteiger partial charge in [-0.15, -0.1) is 0 Å². The van der Waals surface area contributed by atoms with Gasteiger partial charge in [-0.25, -0.2) is 9.97 Å². The molecule has 2 aliphatic rings. The van der Waals surface area contributed by atoms with Crippen LogP contribution >= 0.6 is 0 Å². The van der Waals surface area contributed by atoms with Gasteiger partial charge in [0.15, 0.2) is 0 Å². The molecule has 3 aromatic rings. The Bertz CT molecular complexity index is 948. The maximum atomic E-state index is 12.5. The van der Waals surface area contributed by atoms with Crippen LogP contribution in [0, 0.1) is 0 Å². The Balaban J connectivity index is 1.17. The molecule has 4 heterocycles. The Morgan fingerprint density at radius 1 is 1.21 bits per heavy atom. The molecule has 0 unspecified atom stereocenters. The summed E-state index contributed by atoms with van der Waals surface area (Å²) in [6.45, 7) is 0.925. The summed E-state index contributed by atoms with van der Waals surface area (Å²) in [4.78, 5) is 20.8. The number of aryl methyl sites for hydroxylation is 2. The number of carbonyl (C=O) groups is 1. The zero-order valence-electron chi connectivity index (χ0n) is 15.7. The lowest BCUT2D eigenvalue weighted by atomic mass is 9.91. The lowest BCUT2D eigenvalue weighted by molar-refractivity contribution is 0.0915. The van der Waals surface area contributed by atoms with Gasteiger partial charge < -0.3 is 5.32 Å². The third kappa shape index (κ3) is 3.30. The van der Waals surface area contributed by atoms with Gasteiger partial charge >= 0.3 is 0 Å². The monoisotopic (exact) mass is 377 g/mol. The number of aromatic nitrogens is 6. The van der Waals surface area contributed by atoms with Crippen molar-refractivity contribution >= 4 is 5.91 Å². The molecular weight excluding hydrogens is 354 g/mol. The van der Waals surface area contributed by atoms with E-state index < -0.39 is 0 Å². The van der Waals surface area contributed by atoms with E-state index in [0.29, 0.717) is 11.7 Å². The molecule has 0 radical (unpaired) electrons. The van der Waals surface area contributed by atoms with Crippen molar-refractivity contribution in [2.45, 2.75) is 57.2 Å². The summed E-state index contributed by atoms with van der Waals surface area (Å²) in [5, 5.41) is 12.1. The van der Waals surface area contributed by atoms with Crippen LogP contribution in [-0.4, -0.2) is 41.5 Å². The highest BCUT2D eigenvalue weighted by molar-refractivity contribution is 5.92. The summed E-state index contributed by atoms with van der Waals surface area (Å²) >= 11 is 0.